The van der Waals surface area contributed by atoms with E-state index in [2.05, 4.69) is 152 Å². The first-order valence-corrected chi connectivity index (χ1v) is 20.3. The molecule has 56 heavy (non-hydrogen) atoms. The van der Waals surface area contributed by atoms with Crippen LogP contribution in [0.25, 0.3) is 108 Å². The van der Waals surface area contributed by atoms with Gasteiger partial charge in [-0.15, -0.1) is 22.7 Å². The molecular formula is C51H31N3S2. The van der Waals surface area contributed by atoms with E-state index in [1.54, 1.807) is 0 Å². The van der Waals surface area contributed by atoms with Crippen LogP contribution in [0.3, 0.4) is 0 Å². The van der Waals surface area contributed by atoms with Crippen LogP contribution in [-0.4, -0.2) is 15.0 Å². The summed E-state index contributed by atoms with van der Waals surface area (Å²) >= 11 is 3.69. The van der Waals surface area contributed by atoms with Crippen LogP contribution in [0.5, 0.6) is 0 Å². The van der Waals surface area contributed by atoms with Crippen LogP contribution in [0.2, 0.25) is 0 Å². The highest BCUT2D eigenvalue weighted by Gasteiger charge is 2.20. The number of hydrogen-bond donors (Lipinski definition) is 0. The number of thiophene rings is 2. The fourth-order valence-electron chi connectivity index (χ4n) is 7.86. The third-order valence-corrected chi connectivity index (χ3v) is 13.0. The lowest BCUT2D eigenvalue weighted by molar-refractivity contribution is 1.08. The average Bonchev–Trinajstić information content (AvgIpc) is 3.86. The molecule has 3 nitrogen and oxygen atoms in total. The molecule has 0 amide bonds. The van der Waals surface area contributed by atoms with Crippen molar-refractivity contribution in [3.05, 3.63) is 188 Å². The third-order valence-electron chi connectivity index (χ3n) is 10.6. The van der Waals surface area contributed by atoms with Gasteiger partial charge in [0.2, 0.25) is 0 Å². The maximum Gasteiger partial charge on any atom is 0.165 e. The Balaban J connectivity index is 1.10. The molecule has 0 saturated carbocycles. The summed E-state index contributed by atoms with van der Waals surface area (Å²) in [6.45, 7) is 0. The second-order valence-corrected chi connectivity index (χ2v) is 16.0. The predicted octanol–water partition coefficient (Wildman–Crippen LogP) is 14.6. The van der Waals surface area contributed by atoms with E-state index in [1.807, 2.05) is 59.1 Å². The largest absolute Gasteiger partial charge is 0.208 e. The summed E-state index contributed by atoms with van der Waals surface area (Å²) in [5.74, 6) is 1.99. The molecule has 0 aliphatic carbocycles. The van der Waals surface area contributed by atoms with Crippen molar-refractivity contribution < 1.29 is 0 Å². The monoisotopic (exact) mass is 749 g/mol. The van der Waals surface area contributed by atoms with Gasteiger partial charge >= 0.3 is 0 Å². The zero-order valence-electron chi connectivity index (χ0n) is 30.1. The van der Waals surface area contributed by atoms with E-state index in [9.17, 15) is 0 Å². The Hall–Kier alpha value is -6.79. The van der Waals surface area contributed by atoms with E-state index in [1.165, 1.54) is 73.7 Å². The summed E-state index contributed by atoms with van der Waals surface area (Å²) in [6, 6.07) is 66.8. The van der Waals surface area contributed by atoms with Crippen LogP contribution in [0.4, 0.5) is 0 Å². The Morgan fingerprint density at radius 2 is 0.786 bits per heavy atom. The molecule has 0 saturated heterocycles. The molecule has 5 heteroatoms. The molecule has 11 rings (SSSR count). The van der Waals surface area contributed by atoms with Crippen LogP contribution in [-0.2, 0) is 0 Å². The Labute approximate surface area is 331 Å². The van der Waals surface area contributed by atoms with E-state index in [0.717, 1.165) is 16.7 Å². The number of aromatic nitrogens is 3. The highest BCUT2D eigenvalue weighted by atomic mass is 32.1. The first-order valence-electron chi connectivity index (χ1n) is 18.7. The number of hydrogen-bond acceptors (Lipinski definition) is 5. The van der Waals surface area contributed by atoms with Crippen molar-refractivity contribution in [3.8, 4) is 67.5 Å². The number of nitrogens with zero attached hydrogens (tertiary/aromatic N) is 3. The van der Waals surface area contributed by atoms with Gasteiger partial charge in [0.05, 0.1) is 0 Å². The lowest BCUT2D eigenvalue weighted by Gasteiger charge is -2.11. The van der Waals surface area contributed by atoms with Gasteiger partial charge in [-0.3, -0.25) is 0 Å². The minimum atomic E-state index is 0.661. The molecule has 0 bridgehead atoms. The molecule has 0 fully saturated rings. The highest BCUT2D eigenvalue weighted by Crippen LogP contribution is 2.47. The first kappa shape index (κ1) is 32.6. The molecular weight excluding hydrogens is 719 g/mol. The van der Waals surface area contributed by atoms with E-state index in [4.69, 9.17) is 15.0 Å². The number of fused-ring (bicyclic) bond motifs is 6. The molecule has 0 unspecified atom stereocenters. The van der Waals surface area contributed by atoms with Crippen LogP contribution in [0, 0.1) is 0 Å². The van der Waals surface area contributed by atoms with Gasteiger partial charge in [0.25, 0.3) is 0 Å². The highest BCUT2D eigenvalue weighted by molar-refractivity contribution is 7.27. The van der Waals surface area contributed by atoms with Gasteiger partial charge in [-0.25, -0.2) is 15.0 Å². The molecule has 262 valence electrons. The van der Waals surface area contributed by atoms with Gasteiger partial charge in [0, 0.05) is 57.0 Å². The molecule has 0 spiro atoms. The summed E-state index contributed by atoms with van der Waals surface area (Å²) in [5.41, 5.74) is 10.3. The summed E-state index contributed by atoms with van der Waals surface area (Å²) in [5, 5.41) is 5.04. The normalized spacial score (nSPS) is 11.6. The number of benzene rings is 8. The zero-order chi connectivity index (χ0) is 37.0. The molecule has 0 aliphatic heterocycles. The Bertz CT molecular complexity index is 3170. The molecule has 3 aromatic heterocycles. The van der Waals surface area contributed by atoms with Crippen molar-refractivity contribution in [2.45, 2.75) is 0 Å². The summed E-state index contributed by atoms with van der Waals surface area (Å²) in [6.07, 6.45) is 0. The average molecular weight is 750 g/mol. The van der Waals surface area contributed by atoms with E-state index in [-0.39, 0.29) is 0 Å². The summed E-state index contributed by atoms with van der Waals surface area (Å²) in [4.78, 5) is 15.2. The van der Waals surface area contributed by atoms with Crippen LogP contribution >= 0.6 is 22.7 Å². The van der Waals surface area contributed by atoms with Crippen LogP contribution in [0.1, 0.15) is 0 Å². The molecule has 3 heterocycles. The van der Waals surface area contributed by atoms with Gasteiger partial charge in [0.1, 0.15) is 0 Å². The third kappa shape index (κ3) is 5.60. The van der Waals surface area contributed by atoms with E-state index >= 15 is 0 Å². The van der Waals surface area contributed by atoms with Crippen molar-refractivity contribution in [1.29, 1.82) is 0 Å². The van der Waals surface area contributed by atoms with E-state index < -0.39 is 0 Å². The van der Waals surface area contributed by atoms with Crippen molar-refractivity contribution >= 4 is 63.0 Å². The maximum atomic E-state index is 5.11. The quantitative estimate of drug-likeness (QED) is 0.170. The molecule has 8 aromatic carbocycles. The molecule has 0 N–H and O–H groups in total. The minimum Gasteiger partial charge on any atom is -0.208 e. The van der Waals surface area contributed by atoms with Gasteiger partial charge in [-0.05, 0) is 57.6 Å². The maximum absolute atomic E-state index is 5.11. The summed E-state index contributed by atoms with van der Waals surface area (Å²) in [7, 11) is 0. The molecule has 0 atom stereocenters. The Morgan fingerprint density at radius 3 is 1.45 bits per heavy atom. The van der Waals surface area contributed by atoms with Crippen LogP contribution < -0.4 is 0 Å². The second-order valence-electron chi connectivity index (χ2n) is 13.9. The lowest BCUT2D eigenvalue weighted by atomic mass is 9.93. The van der Waals surface area contributed by atoms with E-state index in [0.29, 0.717) is 17.5 Å². The van der Waals surface area contributed by atoms with Gasteiger partial charge in [0.15, 0.2) is 17.5 Å². The standard InChI is InChI=1S/C51H31N3S2/c1-4-14-32(15-5-1)33-26-28-34(29-27-33)43-30-37(31-45-46(43)41-20-10-11-25-44(41)55-45)38-21-12-22-39-40-23-13-24-42(48(40)56-47(38)39)51-53-49(35-16-6-2-7-17-35)52-50(54-51)36-18-8-3-9-19-36/h1-31H. The molecule has 0 aliphatic rings. The van der Waals surface area contributed by atoms with Crippen LogP contribution in [0.15, 0.2) is 188 Å². The molecule has 0 radical (unpaired) electrons. The fourth-order valence-corrected chi connectivity index (χ4v) is 10.4. The van der Waals surface area contributed by atoms with Crippen molar-refractivity contribution in [2.75, 3.05) is 0 Å². The lowest BCUT2D eigenvalue weighted by Crippen LogP contribution is -2.00. The SMILES string of the molecule is c1ccc(-c2ccc(-c3cc(-c4cccc5c4sc4c(-c6nc(-c7ccccc7)nc(-c7ccccc7)n6)cccc45)cc4sc5ccccc5c34)cc2)cc1. The number of rotatable bonds is 6. The Kier molecular flexibility index (Phi) is 7.87. The van der Waals surface area contributed by atoms with Gasteiger partial charge in [-0.1, -0.05) is 164 Å². The zero-order valence-corrected chi connectivity index (χ0v) is 31.7. The summed E-state index contributed by atoms with van der Waals surface area (Å²) < 4.78 is 5.01. The smallest absolute Gasteiger partial charge is 0.165 e. The topological polar surface area (TPSA) is 38.7 Å². The van der Waals surface area contributed by atoms with Crippen molar-refractivity contribution in [2.24, 2.45) is 0 Å². The van der Waals surface area contributed by atoms with Gasteiger partial charge in [-0.2, -0.15) is 0 Å². The van der Waals surface area contributed by atoms with Crippen molar-refractivity contribution in [1.82, 2.24) is 15.0 Å². The predicted molar refractivity (Wildman–Crippen MR) is 238 cm³/mol. The fraction of sp³-hybridized carbons (Fsp3) is 0. The minimum absolute atomic E-state index is 0.661. The first-order chi connectivity index (χ1) is 27.7. The molecule has 11 aromatic rings. The Morgan fingerprint density at radius 1 is 0.286 bits per heavy atom. The van der Waals surface area contributed by atoms with Crippen molar-refractivity contribution in [3.63, 3.8) is 0 Å². The second kappa shape index (κ2) is 13.5. The van der Waals surface area contributed by atoms with Gasteiger partial charge < -0.3 is 0 Å².